The highest BCUT2D eigenvalue weighted by Gasteiger charge is 2.31. The SMILES string of the molecule is C=C/C=C\C(=C/C)c1ccc2c(C3=CC=C(c4cccc5c4ccc4cc6ccccc6cc45)C(C=C)C3/C=C\C)c3ccccc3c(/C(C=C)=C/N=C)c2c1. The van der Waals surface area contributed by atoms with Crippen molar-refractivity contribution in [3.8, 4) is 0 Å². The Morgan fingerprint density at radius 3 is 2.05 bits per heavy atom. The third-order valence-corrected chi connectivity index (χ3v) is 11.4. The van der Waals surface area contributed by atoms with Gasteiger partial charge in [0.05, 0.1) is 0 Å². The lowest BCUT2D eigenvalue weighted by molar-refractivity contribution is 0.706. The van der Waals surface area contributed by atoms with Crippen molar-refractivity contribution in [2.75, 3.05) is 0 Å². The number of fused-ring (bicyclic) bond motifs is 6. The molecule has 0 N–H and O–H groups in total. The van der Waals surface area contributed by atoms with Crippen LogP contribution >= 0.6 is 0 Å². The van der Waals surface area contributed by atoms with Gasteiger partial charge in [0, 0.05) is 23.6 Å². The molecule has 270 valence electrons. The molecule has 56 heavy (non-hydrogen) atoms. The first-order valence-electron chi connectivity index (χ1n) is 19.3. The van der Waals surface area contributed by atoms with E-state index in [4.69, 9.17) is 0 Å². The van der Waals surface area contributed by atoms with E-state index in [1.165, 1.54) is 65.4 Å². The van der Waals surface area contributed by atoms with Crippen LogP contribution in [-0.2, 0) is 0 Å². The fourth-order valence-electron chi connectivity index (χ4n) is 8.87. The minimum Gasteiger partial charge on any atom is -0.272 e. The fourth-order valence-corrected chi connectivity index (χ4v) is 8.87. The lowest BCUT2D eigenvalue weighted by atomic mass is 9.70. The average Bonchev–Trinajstić information content (AvgIpc) is 3.24. The summed E-state index contributed by atoms with van der Waals surface area (Å²) in [6.07, 6.45) is 23.1. The monoisotopic (exact) mass is 719 g/mol. The van der Waals surface area contributed by atoms with Gasteiger partial charge < -0.3 is 0 Å². The lowest BCUT2D eigenvalue weighted by Gasteiger charge is -2.33. The molecular formula is C55H45N. The van der Waals surface area contributed by atoms with Crippen LogP contribution in [0.1, 0.15) is 36.1 Å². The number of hydrogen-bond acceptors (Lipinski definition) is 1. The van der Waals surface area contributed by atoms with Crippen molar-refractivity contribution in [3.05, 3.63) is 218 Å². The summed E-state index contributed by atoms with van der Waals surface area (Å²) in [5.74, 6) is 0.0734. The molecule has 0 aromatic heterocycles. The van der Waals surface area contributed by atoms with Crippen LogP contribution in [0.3, 0.4) is 0 Å². The molecule has 1 heteroatoms. The quantitative estimate of drug-likeness (QED) is 0.0439. The van der Waals surface area contributed by atoms with E-state index in [-0.39, 0.29) is 11.8 Å². The van der Waals surface area contributed by atoms with Crippen LogP contribution in [0.5, 0.6) is 0 Å². The second-order valence-electron chi connectivity index (χ2n) is 14.3. The van der Waals surface area contributed by atoms with Crippen molar-refractivity contribution in [1.82, 2.24) is 0 Å². The predicted molar refractivity (Wildman–Crippen MR) is 249 cm³/mol. The molecule has 1 nitrogen and oxygen atoms in total. The van der Waals surface area contributed by atoms with Gasteiger partial charge in [0.15, 0.2) is 0 Å². The van der Waals surface area contributed by atoms with Crippen molar-refractivity contribution >= 4 is 82.9 Å². The number of aliphatic imine (C=N–C) groups is 1. The smallest absolute Gasteiger partial charge is 0.0339 e. The van der Waals surface area contributed by atoms with Crippen LogP contribution in [0.25, 0.3) is 76.2 Å². The maximum absolute atomic E-state index is 4.49. The van der Waals surface area contributed by atoms with Crippen LogP contribution in [0.4, 0.5) is 0 Å². The molecule has 1 aliphatic rings. The average molecular weight is 720 g/mol. The molecule has 0 amide bonds. The van der Waals surface area contributed by atoms with E-state index in [1.54, 1.807) is 0 Å². The zero-order valence-electron chi connectivity index (χ0n) is 32.2. The molecule has 0 spiro atoms. The second kappa shape index (κ2) is 15.5. The lowest BCUT2D eigenvalue weighted by Crippen LogP contribution is -2.18. The first-order valence-corrected chi connectivity index (χ1v) is 19.3. The Balaban J connectivity index is 1.42. The Hall–Kier alpha value is -6.83. The van der Waals surface area contributed by atoms with Crippen molar-refractivity contribution in [3.63, 3.8) is 0 Å². The second-order valence-corrected chi connectivity index (χ2v) is 14.3. The Morgan fingerprint density at radius 2 is 1.32 bits per heavy atom. The molecule has 0 aliphatic heterocycles. The van der Waals surface area contributed by atoms with Gasteiger partial charge in [-0.15, -0.1) is 6.58 Å². The van der Waals surface area contributed by atoms with E-state index < -0.39 is 0 Å². The maximum Gasteiger partial charge on any atom is 0.0339 e. The van der Waals surface area contributed by atoms with E-state index in [0.717, 1.165) is 33.0 Å². The summed E-state index contributed by atoms with van der Waals surface area (Å²) in [6, 6.07) is 40.2. The summed E-state index contributed by atoms with van der Waals surface area (Å²) in [5, 5.41) is 12.2. The molecule has 2 unspecified atom stereocenters. The predicted octanol–water partition coefficient (Wildman–Crippen LogP) is 15.3. The van der Waals surface area contributed by atoms with Crippen molar-refractivity contribution in [2.45, 2.75) is 13.8 Å². The third-order valence-electron chi connectivity index (χ3n) is 11.4. The number of nitrogens with zero attached hydrogens (tertiary/aromatic N) is 1. The van der Waals surface area contributed by atoms with E-state index >= 15 is 0 Å². The Bertz CT molecular complexity index is 2950. The molecule has 2 atom stereocenters. The minimum atomic E-state index is 0.0316. The number of rotatable bonds is 10. The highest BCUT2D eigenvalue weighted by Crippen LogP contribution is 2.49. The molecule has 0 fully saturated rings. The highest BCUT2D eigenvalue weighted by atomic mass is 14.6. The van der Waals surface area contributed by atoms with Crippen molar-refractivity contribution < 1.29 is 0 Å². The third kappa shape index (κ3) is 6.12. The van der Waals surface area contributed by atoms with Gasteiger partial charge in [-0.3, -0.25) is 4.99 Å². The van der Waals surface area contributed by atoms with Gasteiger partial charge in [-0.2, -0.15) is 0 Å². The van der Waals surface area contributed by atoms with Crippen LogP contribution < -0.4 is 0 Å². The molecule has 0 radical (unpaired) electrons. The summed E-state index contributed by atoms with van der Waals surface area (Å²) in [5.41, 5.74) is 9.27. The zero-order chi connectivity index (χ0) is 38.8. The first-order chi connectivity index (χ1) is 27.5. The summed E-state index contributed by atoms with van der Waals surface area (Å²) in [7, 11) is 0. The zero-order valence-corrected chi connectivity index (χ0v) is 32.2. The molecule has 8 rings (SSSR count). The molecule has 7 aromatic carbocycles. The van der Waals surface area contributed by atoms with E-state index in [9.17, 15) is 0 Å². The van der Waals surface area contributed by atoms with Gasteiger partial charge in [-0.25, -0.2) is 0 Å². The van der Waals surface area contributed by atoms with E-state index in [2.05, 4.69) is 197 Å². The van der Waals surface area contributed by atoms with Crippen LogP contribution in [-0.4, -0.2) is 6.72 Å². The van der Waals surface area contributed by atoms with Crippen molar-refractivity contribution in [1.29, 1.82) is 0 Å². The largest absolute Gasteiger partial charge is 0.272 e. The molecule has 0 bridgehead atoms. The highest BCUT2D eigenvalue weighted by molar-refractivity contribution is 6.19. The minimum absolute atomic E-state index is 0.0316. The van der Waals surface area contributed by atoms with Gasteiger partial charge in [0.2, 0.25) is 0 Å². The van der Waals surface area contributed by atoms with Gasteiger partial charge in [0.25, 0.3) is 0 Å². The Morgan fingerprint density at radius 1 is 0.607 bits per heavy atom. The number of allylic oxidation sites excluding steroid dienone is 14. The molecular weight excluding hydrogens is 675 g/mol. The molecule has 0 saturated carbocycles. The molecule has 7 aromatic rings. The van der Waals surface area contributed by atoms with Gasteiger partial charge >= 0.3 is 0 Å². The normalized spacial score (nSPS) is 16.6. The van der Waals surface area contributed by atoms with Crippen molar-refractivity contribution in [2.24, 2.45) is 16.8 Å². The van der Waals surface area contributed by atoms with E-state index in [0.29, 0.717) is 0 Å². The molecule has 0 saturated heterocycles. The van der Waals surface area contributed by atoms with Crippen LogP contribution in [0.15, 0.2) is 201 Å². The Labute approximate surface area is 330 Å². The standard InChI is InChI=1S/C55H45N/c1-7-12-19-36(9-3)40-26-29-51-53(34-40)54(37(10-4)35-56-6)48-22-15-16-23-49(48)55(51)50-31-30-46(42(11-5)43(50)18-8-2)44-24-17-25-45-47(44)28-27-41-32-38-20-13-14-21-39(38)33-52(41)45/h7-35,42-43H,1,4-6H2,2-3H3/b18-8-,19-12-,36-9+,37-35+. The molecule has 1 aliphatic carbocycles. The first kappa shape index (κ1) is 36.2. The maximum atomic E-state index is 4.49. The molecule has 0 heterocycles. The summed E-state index contributed by atoms with van der Waals surface area (Å²) in [6.45, 7) is 20.6. The van der Waals surface area contributed by atoms with Gasteiger partial charge in [0.1, 0.15) is 0 Å². The summed E-state index contributed by atoms with van der Waals surface area (Å²) >= 11 is 0. The Kier molecular flexibility index (Phi) is 10.0. The summed E-state index contributed by atoms with van der Waals surface area (Å²) < 4.78 is 0. The van der Waals surface area contributed by atoms with Gasteiger partial charge in [-0.1, -0.05) is 165 Å². The van der Waals surface area contributed by atoms with Crippen LogP contribution in [0.2, 0.25) is 0 Å². The summed E-state index contributed by atoms with van der Waals surface area (Å²) in [4.78, 5) is 4.21. The number of hydrogen-bond donors (Lipinski definition) is 0. The van der Waals surface area contributed by atoms with Gasteiger partial charge in [-0.05, 0) is 132 Å². The van der Waals surface area contributed by atoms with E-state index in [1.807, 2.05) is 24.4 Å². The van der Waals surface area contributed by atoms with Crippen LogP contribution in [0, 0.1) is 11.8 Å². The topological polar surface area (TPSA) is 12.4 Å². The number of benzene rings is 7. The fraction of sp³-hybridized carbons (Fsp3) is 0.0727.